The zero-order chi connectivity index (χ0) is 11.9. The summed E-state index contributed by atoms with van der Waals surface area (Å²) in [6, 6.07) is 0. The minimum absolute atomic E-state index is 0.0376. The van der Waals surface area contributed by atoms with E-state index in [1.165, 1.54) is 0 Å². The van der Waals surface area contributed by atoms with Gasteiger partial charge in [-0.2, -0.15) is 0 Å². The highest BCUT2D eigenvalue weighted by Crippen LogP contribution is 2.41. The fourth-order valence-corrected chi connectivity index (χ4v) is 1.76. The van der Waals surface area contributed by atoms with Gasteiger partial charge in [-0.05, 0) is 6.42 Å². The molecule has 1 aliphatic rings. The quantitative estimate of drug-likeness (QED) is 0.661. The Kier molecular flexibility index (Phi) is 3.04. The number of ether oxygens (including phenoxy) is 2. The molecule has 88 valence electrons. The summed E-state index contributed by atoms with van der Waals surface area (Å²) in [5, 5.41) is 0. The third kappa shape index (κ3) is 2.44. The van der Waals surface area contributed by atoms with Crippen molar-refractivity contribution in [3.05, 3.63) is 0 Å². The number of rotatable bonds is 2. The van der Waals surface area contributed by atoms with Gasteiger partial charge in [0.15, 0.2) is 0 Å². The van der Waals surface area contributed by atoms with Crippen molar-refractivity contribution < 1.29 is 14.3 Å². The monoisotopic (exact) mass is 214 g/mol. The van der Waals surface area contributed by atoms with E-state index < -0.39 is 6.16 Å². The van der Waals surface area contributed by atoms with Gasteiger partial charge in [-0.25, -0.2) is 4.79 Å². The first kappa shape index (κ1) is 12.3. The summed E-state index contributed by atoms with van der Waals surface area (Å²) >= 11 is 0. The molecular weight excluding hydrogens is 192 g/mol. The summed E-state index contributed by atoms with van der Waals surface area (Å²) in [5.74, 6) is 0. The number of carbonyl (C=O) groups excluding carboxylic acids is 1. The third-order valence-corrected chi connectivity index (χ3v) is 3.26. The summed E-state index contributed by atoms with van der Waals surface area (Å²) < 4.78 is 10.6. The van der Waals surface area contributed by atoms with Crippen LogP contribution in [0.5, 0.6) is 0 Å². The molecule has 0 spiro atoms. The summed E-state index contributed by atoms with van der Waals surface area (Å²) in [4.78, 5) is 11.2. The SMILES string of the molecule is CCC(C)(C)C1OC(=O)OC1C(C)(C)C. The molecule has 0 aromatic rings. The van der Waals surface area contributed by atoms with Crippen LogP contribution in [-0.2, 0) is 9.47 Å². The number of carbonyl (C=O) groups is 1. The van der Waals surface area contributed by atoms with Gasteiger partial charge in [0.05, 0.1) is 0 Å². The van der Waals surface area contributed by atoms with Crippen molar-refractivity contribution in [2.24, 2.45) is 10.8 Å². The van der Waals surface area contributed by atoms with Crippen molar-refractivity contribution in [2.45, 2.75) is 60.2 Å². The van der Waals surface area contributed by atoms with E-state index in [2.05, 4.69) is 41.5 Å². The van der Waals surface area contributed by atoms with E-state index in [-0.39, 0.29) is 23.0 Å². The Morgan fingerprint density at radius 3 is 1.93 bits per heavy atom. The zero-order valence-electron chi connectivity index (χ0n) is 10.6. The van der Waals surface area contributed by atoms with Crippen LogP contribution in [0.4, 0.5) is 4.79 Å². The molecule has 2 unspecified atom stereocenters. The molecule has 1 fully saturated rings. The fraction of sp³-hybridized carbons (Fsp3) is 0.917. The third-order valence-electron chi connectivity index (χ3n) is 3.26. The Balaban J connectivity index is 2.92. The molecule has 0 aliphatic carbocycles. The van der Waals surface area contributed by atoms with Gasteiger partial charge in [-0.1, -0.05) is 41.5 Å². The Bertz CT molecular complexity index is 250. The Labute approximate surface area is 92.1 Å². The van der Waals surface area contributed by atoms with E-state index in [0.29, 0.717) is 0 Å². The average Bonchev–Trinajstić information content (AvgIpc) is 2.47. The van der Waals surface area contributed by atoms with E-state index in [4.69, 9.17) is 9.47 Å². The number of hydrogen-bond donors (Lipinski definition) is 0. The largest absolute Gasteiger partial charge is 0.509 e. The van der Waals surface area contributed by atoms with Crippen LogP contribution in [0.1, 0.15) is 48.0 Å². The minimum Gasteiger partial charge on any atom is -0.426 e. The number of cyclic esters (lactones) is 2. The van der Waals surface area contributed by atoms with Crippen LogP contribution in [0.15, 0.2) is 0 Å². The molecule has 1 heterocycles. The van der Waals surface area contributed by atoms with Crippen molar-refractivity contribution in [3.8, 4) is 0 Å². The molecule has 0 aromatic carbocycles. The minimum atomic E-state index is -0.526. The standard InChI is InChI=1S/C12H22O3/c1-7-12(5,6)9-8(11(2,3)4)14-10(13)15-9/h8-9H,7H2,1-6H3. The molecule has 0 radical (unpaired) electrons. The van der Waals surface area contributed by atoms with Crippen LogP contribution in [0.3, 0.4) is 0 Å². The van der Waals surface area contributed by atoms with Crippen molar-refractivity contribution in [2.75, 3.05) is 0 Å². The van der Waals surface area contributed by atoms with Crippen LogP contribution in [-0.4, -0.2) is 18.4 Å². The molecule has 0 bridgehead atoms. The van der Waals surface area contributed by atoms with Gasteiger partial charge in [0, 0.05) is 10.8 Å². The molecule has 1 rings (SSSR count). The topological polar surface area (TPSA) is 35.5 Å². The van der Waals surface area contributed by atoms with Crippen LogP contribution >= 0.6 is 0 Å². The van der Waals surface area contributed by atoms with Gasteiger partial charge < -0.3 is 9.47 Å². The molecule has 0 aromatic heterocycles. The van der Waals surface area contributed by atoms with Crippen LogP contribution in [0.2, 0.25) is 0 Å². The summed E-state index contributed by atoms with van der Waals surface area (Å²) in [7, 11) is 0. The smallest absolute Gasteiger partial charge is 0.426 e. The lowest BCUT2D eigenvalue weighted by Gasteiger charge is -2.36. The summed E-state index contributed by atoms with van der Waals surface area (Å²) in [6.45, 7) is 12.5. The van der Waals surface area contributed by atoms with Crippen molar-refractivity contribution >= 4 is 6.16 Å². The van der Waals surface area contributed by atoms with Gasteiger partial charge >= 0.3 is 6.16 Å². The summed E-state index contributed by atoms with van der Waals surface area (Å²) in [5.41, 5.74) is -0.118. The first-order valence-electron chi connectivity index (χ1n) is 5.56. The second-order valence-electron chi connectivity index (χ2n) is 6.04. The maximum Gasteiger partial charge on any atom is 0.509 e. The lowest BCUT2D eigenvalue weighted by Crippen LogP contribution is -2.43. The molecule has 15 heavy (non-hydrogen) atoms. The van der Waals surface area contributed by atoms with Crippen molar-refractivity contribution in [3.63, 3.8) is 0 Å². The van der Waals surface area contributed by atoms with Crippen LogP contribution in [0, 0.1) is 10.8 Å². The van der Waals surface area contributed by atoms with Gasteiger partial charge in [0.25, 0.3) is 0 Å². The first-order valence-corrected chi connectivity index (χ1v) is 5.56. The molecule has 0 N–H and O–H groups in total. The average molecular weight is 214 g/mol. The lowest BCUT2D eigenvalue weighted by atomic mass is 9.74. The molecule has 0 amide bonds. The zero-order valence-corrected chi connectivity index (χ0v) is 10.6. The second-order valence-corrected chi connectivity index (χ2v) is 6.04. The molecule has 1 aliphatic heterocycles. The van der Waals surface area contributed by atoms with Crippen molar-refractivity contribution in [1.82, 2.24) is 0 Å². The normalized spacial score (nSPS) is 27.5. The molecule has 3 heteroatoms. The highest BCUT2D eigenvalue weighted by molar-refractivity contribution is 5.63. The van der Waals surface area contributed by atoms with Crippen LogP contribution < -0.4 is 0 Å². The first-order chi connectivity index (χ1) is 6.68. The molecular formula is C12H22O3. The van der Waals surface area contributed by atoms with Gasteiger partial charge in [0.1, 0.15) is 12.2 Å². The Hall–Kier alpha value is -0.730. The second kappa shape index (κ2) is 3.69. The highest BCUT2D eigenvalue weighted by Gasteiger charge is 2.50. The fourth-order valence-electron chi connectivity index (χ4n) is 1.76. The van der Waals surface area contributed by atoms with Gasteiger partial charge in [-0.3, -0.25) is 0 Å². The van der Waals surface area contributed by atoms with E-state index in [1.807, 2.05) is 0 Å². The van der Waals surface area contributed by atoms with E-state index in [1.54, 1.807) is 0 Å². The lowest BCUT2D eigenvalue weighted by molar-refractivity contribution is -0.00843. The predicted molar refractivity (Wildman–Crippen MR) is 58.7 cm³/mol. The maximum absolute atomic E-state index is 11.2. The van der Waals surface area contributed by atoms with Crippen molar-refractivity contribution in [1.29, 1.82) is 0 Å². The van der Waals surface area contributed by atoms with E-state index in [0.717, 1.165) is 6.42 Å². The molecule has 2 atom stereocenters. The molecule has 0 saturated carbocycles. The highest BCUT2D eigenvalue weighted by atomic mass is 16.8. The van der Waals surface area contributed by atoms with Gasteiger partial charge in [0.2, 0.25) is 0 Å². The van der Waals surface area contributed by atoms with Crippen LogP contribution in [0.25, 0.3) is 0 Å². The Morgan fingerprint density at radius 1 is 1.07 bits per heavy atom. The maximum atomic E-state index is 11.2. The summed E-state index contributed by atoms with van der Waals surface area (Å²) in [6.07, 6.45) is 0.136. The number of hydrogen-bond acceptors (Lipinski definition) is 3. The molecule has 1 saturated heterocycles. The predicted octanol–water partition coefficient (Wildman–Crippen LogP) is 3.37. The van der Waals surface area contributed by atoms with E-state index in [9.17, 15) is 4.79 Å². The molecule has 3 nitrogen and oxygen atoms in total. The van der Waals surface area contributed by atoms with Gasteiger partial charge in [-0.15, -0.1) is 0 Å². The Morgan fingerprint density at radius 2 is 1.53 bits per heavy atom. The van der Waals surface area contributed by atoms with E-state index >= 15 is 0 Å².